The Balaban J connectivity index is 1.61. The van der Waals surface area contributed by atoms with Crippen molar-refractivity contribution in [3.8, 4) is 0 Å². The van der Waals surface area contributed by atoms with Crippen LogP contribution in [0.25, 0.3) is 0 Å². The summed E-state index contributed by atoms with van der Waals surface area (Å²) in [6, 6.07) is 8.03. The van der Waals surface area contributed by atoms with E-state index >= 15 is 0 Å². The van der Waals surface area contributed by atoms with Crippen LogP contribution in [0, 0.1) is 19.8 Å². The van der Waals surface area contributed by atoms with Crippen LogP contribution in [-0.4, -0.2) is 53.2 Å². The van der Waals surface area contributed by atoms with Gasteiger partial charge in [-0.1, -0.05) is 24.3 Å². The molecule has 0 radical (unpaired) electrons. The SMILES string of the molecule is Cc1ccccc1CN(C)C(=O)C1CCN(S(=O)(=O)c2cn(C)c(C)n2)CC1. The zero-order valence-corrected chi connectivity index (χ0v) is 17.7. The van der Waals surface area contributed by atoms with Gasteiger partial charge in [0.25, 0.3) is 10.0 Å². The zero-order valence-electron chi connectivity index (χ0n) is 16.9. The van der Waals surface area contributed by atoms with Crippen molar-refractivity contribution in [3.63, 3.8) is 0 Å². The fraction of sp³-hybridized carbons (Fsp3) is 0.500. The summed E-state index contributed by atoms with van der Waals surface area (Å²) < 4.78 is 28.7. The first-order chi connectivity index (χ1) is 13.2. The van der Waals surface area contributed by atoms with Crippen LogP contribution < -0.4 is 0 Å². The first kappa shape index (κ1) is 20.5. The van der Waals surface area contributed by atoms with Gasteiger partial charge in [0.1, 0.15) is 5.82 Å². The van der Waals surface area contributed by atoms with Gasteiger partial charge < -0.3 is 9.47 Å². The number of amides is 1. The van der Waals surface area contributed by atoms with Crippen molar-refractivity contribution < 1.29 is 13.2 Å². The van der Waals surface area contributed by atoms with E-state index in [0.717, 1.165) is 11.1 Å². The first-order valence-electron chi connectivity index (χ1n) is 9.49. The number of aromatic nitrogens is 2. The largest absolute Gasteiger partial charge is 0.341 e. The zero-order chi connectivity index (χ0) is 20.5. The monoisotopic (exact) mass is 404 g/mol. The molecule has 152 valence electrons. The van der Waals surface area contributed by atoms with Gasteiger partial charge in [-0.2, -0.15) is 4.31 Å². The normalized spacial score (nSPS) is 16.3. The van der Waals surface area contributed by atoms with Crippen LogP contribution in [0.1, 0.15) is 29.8 Å². The van der Waals surface area contributed by atoms with E-state index in [-0.39, 0.29) is 16.9 Å². The minimum Gasteiger partial charge on any atom is -0.341 e. The Hall–Kier alpha value is -2.19. The molecule has 2 aromatic rings. The van der Waals surface area contributed by atoms with Crippen LogP contribution in [0.5, 0.6) is 0 Å². The predicted molar refractivity (Wildman–Crippen MR) is 107 cm³/mol. The van der Waals surface area contributed by atoms with Crippen molar-refractivity contribution in [1.29, 1.82) is 0 Å². The Bertz CT molecular complexity index is 940. The highest BCUT2D eigenvalue weighted by Crippen LogP contribution is 2.25. The summed E-state index contributed by atoms with van der Waals surface area (Å²) in [5.74, 6) is 0.585. The highest BCUT2D eigenvalue weighted by Gasteiger charge is 2.34. The maximum atomic E-state index is 12.8. The number of aryl methyl sites for hydroxylation is 3. The Morgan fingerprint density at radius 3 is 2.43 bits per heavy atom. The molecule has 0 saturated carbocycles. The van der Waals surface area contributed by atoms with Crippen molar-refractivity contribution in [2.45, 2.75) is 38.3 Å². The maximum absolute atomic E-state index is 12.8. The summed E-state index contributed by atoms with van der Waals surface area (Å²) in [5, 5.41) is 0.0777. The molecule has 0 atom stereocenters. The van der Waals surface area contributed by atoms with Gasteiger partial charge in [0.15, 0.2) is 5.03 Å². The Kier molecular flexibility index (Phi) is 5.90. The van der Waals surface area contributed by atoms with Crippen LogP contribution in [0.3, 0.4) is 0 Å². The van der Waals surface area contributed by atoms with Gasteiger partial charge in [-0.05, 0) is 37.8 Å². The van der Waals surface area contributed by atoms with E-state index in [9.17, 15) is 13.2 Å². The lowest BCUT2D eigenvalue weighted by atomic mass is 9.96. The third kappa shape index (κ3) is 4.12. The van der Waals surface area contributed by atoms with Gasteiger partial charge in [-0.15, -0.1) is 0 Å². The van der Waals surface area contributed by atoms with Gasteiger partial charge in [-0.3, -0.25) is 4.79 Å². The number of hydrogen-bond donors (Lipinski definition) is 0. The fourth-order valence-electron chi connectivity index (χ4n) is 3.56. The Morgan fingerprint density at radius 2 is 1.86 bits per heavy atom. The summed E-state index contributed by atoms with van der Waals surface area (Å²) in [6.45, 7) is 5.06. The Labute approximate surface area is 167 Å². The summed E-state index contributed by atoms with van der Waals surface area (Å²) in [6.07, 6.45) is 2.60. The second-order valence-corrected chi connectivity index (χ2v) is 9.42. The van der Waals surface area contributed by atoms with Crippen LogP contribution in [-0.2, 0) is 28.4 Å². The summed E-state index contributed by atoms with van der Waals surface area (Å²) >= 11 is 0. The molecule has 1 aliphatic heterocycles. The lowest BCUT2D eigenvalue weighted by molar-refractivity contribution is -0.135. The van der Waals surface area contributed by atoms with Crippen molar-refractivity contribution >= 4 is 15.9 Å². The number of carbonyl (C=O) groups excluding carboxylic acids is 1. The second kappa shape index (κ2) is 8.05. The standard InChI is InChI=1S/C20H28N4O3S/c1-15-7-5-6-8-18(15)13-23(4)20(25)17-9-11-24(12-10-17)28(26,27)19-14-22(3)16(2)21-19/h5-8,14,17H,9-13H2,1-4H3. The average molecular weight is 405 g/mol. The van der Waals surface area contributed by atoms with Crippen molar-refractivity contribution in [2.75, 3.05) is 20.1 Å². The Morgan fingerprint density at radius 1 is 1.21 bits per heavy atom. The molecule has 0 N–H and O–H groups in total. The summed E-state index contributed by atoms with van der Waals surface area (Å²) in [7, 11) is -0.0224. The molecule has 7 nitrogen and oxygen atoms in total. The fourth-order valence-corrected chi connectivity index (χ4v) is 5.05. The molecule has 0 bridgehead atoms. The van der Waals surface area contributed by atoms with E-state index in [0.29, 0.717) is 38.3 Å². The number of rotatable bonds is 5. The molecule has 3 rings (SSSR count). The topological polar surface area (TPSA) is 75.5 Å². The molecule has 1 saturated heterocycles. The van der Waals surface area contributed by atoms with Crippen LogP contribution in [0.2, 0.25) is 0 Å². The molecule has 1 fully saturated rings. The maximum Gasteiger partial charge on any atom is 0.262 e. The van der Waals surface area contributed by atoms with Crippen LogP contribution in [0.4, 0.5) is 0 Å². The average Bonchev–Trinajstić information content (AvgIpc) is 3.02. The van der Waals surface area contributed by atoms with Crippen molar-refractivity contribution in [2.24, 2.45) is 13.0 Å². The molecule has 28 heavy (non-hydrogen) atoms. The molecule has 0 spiro atoms. The minimum atomic E-state index is -3.61. The van der Waals surface area contributed by atoms with E-state index in [1.165, 1.54) is 10.5 Å². The van der Waals surface area contributed by atoms with E-state index in [1.54, 1.807) is 23.4 Å². The molecule has 1 aliphatic rings. The van der Waals surface area contributed by atoms with Gasteiger partial charge in [-0.25, -0.2) is 13.4 Å². The smallest absolute Gasteiger partial charge is 0.262 e. The number of hydrogen-bond acceptors (Lipinski definition) is 4. The van der Waals surface area contributed by atoms with E-state index in [2.05, 4.69) is 4.98 Å². The molecule has 0 unspecified atom stereocenters. The lowest BCUT2D eigenvalue weighted by Gasteiger charge is -2.32. The quantitative estimate of drug-likeness (QED) is 0.765. The van der Waals surface area contributed by atoms with Gasteiger partial charge in [0.05, 0.1) is 0 Å². The third-order valence-corrected chi connectivity index (χ3v) is 7.31. The van der Waals surface area contributed by atoms with E-state index < -0.39 is 10.0 Å². The van der Waals surface area contributed by atoms with Crippen LogP contribution in [0.15, 0.2) is 35.5 Å². The number of carbonyl (C=O) groups is 1. The van der Waals surface area contributed by atoms with E-state index in [1.807, 2.05) is 38.2 Å². The number of piperidine rings is 1. The van der Waals surface area contributed by atoms with Crippen molar-refractivity contribution in [1.82, 2.24) is 18.8 Å². The van der Waals surface area contributed by atoms with Gasteiger partial charge >= 0.3 is 0 Å². The summed E-state index contributed by atoms with van der Waals surface area (Å²) in [5.41, 5.74) is 2.29. The predicted octanol–water partition coefficient (Wildman–Crippen LogP) is 2.10. The lowest BCUT2D eigenvalue weighted by Crippen LogP contribution is -2.43. The highest BCUT2D eigenvalue weighted by atomic mass is 32.2. The highest BCUT2D eigenvalue weighted by molar-refractivity contribution is 7.89. The number of nitrogens with zero attached hydrogens (tertiary/aromatic N) is 4. The van der Waals surface area contributed by atoms with Crippen molar-refractivity contribution in [3.05, 3.63) is 47.4 Å². The molecule has 1 amide bonds. The first-order valence-corrected chi connectivity index (χ1v) is 10.9. The molecule has 8 heteroatoms. The van der Waals surface area contributed by atoms with Gasteiger partial charge in [0.2, 0.25) is 5.91 Å². The van der Waals surface area contributed by atoms with E-state index in [4.69, 9.17) is 0 Å². The minimum absolute atomic E-state index is 0.0777. The van der Waals surface area contributed by atoms with Crippen LogP contribution >= 0.6 is 0 Å². The molecule has 2 heterocycles. The number of benzene rings is 1. The molecule has 1 aromatic heterocycles. The third-order valence-electron chi connectivity index (χ3n) is 5.54. The molecular formula is C20H28N4O3S. The van der Waals surface area contributed by atoms with Gasteiger partial charge in [0, 0.05) is 45.8 Å². The number of sulfonamides is 1. The molecular weight excluding hydrogens is 376 g/mol. The number of imidazole rings is 1. The second-order valence-electron chi connectivity index (χ2n) is 7.54. The molecule has 0 aliphatic carbocycles. The summed E-state index contributed by atoms with van der Waals surface area (Å²) in [4.78, 5) is 18.7. The molecule has 1 aromatic carbocycles.